The van der Waals surface area contributed by atoms with Crippen LogP contribution in [0.15, 0.2) is 18.2 Å². The molecule has 0 bridgehead atoms. The van der Waals surface area contributed by atoms with Gasteiger partial charge in [0.05, 0.1) is 38.1 Å². The van der Waals surface area contributed by atoms with Crippen molar-refractivity contribution < 1.29 is 106 Å². The Hall–Kier alpha value is -6.56. The zero-order chi connectivity index (χ0) is 45.7. The third-order valence-electron chi connectivity index (χ3n) is 9.68. The van der Waals surface area contributed by atoms with Gasteiger partial charge in [-0.15, -0.1) is 0 Å². The maximum Gasteiger partial charge on any atom is 0.633 e. The summed E-state index contributed by atoms with van der Waals surface area (Å²) in [5.41, 5.74) is -11.7. The molecule has 0 amide bonds. The number of hydrogen-bond acceptors (Lipinski definition) is 2. The van der Waals surface area contributed by atoms with Crippen molar-refractivity contribution in [3.8, 4) is 22.6 Å². The van der Waals surface area contributed by atoms with Gasteiger partial charge >= 0.3 is 13.0 Å². The Morgan fingerprint density at radius 2 is 0.742 bits per heavy atom. The minimum absolute atomic E-state index is 0.00640. The van der Waals surface area contributed by atoms with Gasteiger partial charge in [-0.25, -0.2) is 79.0 Å². The maximum atomic E-state index is 16.2. The van der Waals surface area contributed by atoms with Crippen molar-refractivity contribution in [2.24, 2.45) is 0 Å². The standard InChI is InChI=1S/C37H3BF22O2/c39-6-2-1-5(4-3-7(40)17(41)20(44)8(4)6)38(62-36-16-10(22(46)30(54)34(36)58)9-15(37(16,59)60)26(50)32(56)27(51)21(9)45)61-35-14-13(25(49)31(55)33(35)57)18(42)11-12(19(14)43)24(48)29(53)28(52)23(11)47/h1-3H. The van der Waals surface area contributed by atoms with Crippen molar-refractivity contribution in [1.82, 2.24) is 0 Å². The minimum Gasteiger partial charge on any atom is -0.519 e. The lowest BCUT2D eigenvalue weighted by molar-refractivity contribution is 0.0404. The fourth-order valence-electron chi connectivity index (χ4n) is 6.99. The largest absolute Gasteiger partial charge is 0.633 e. The fraction of sp³-hybridized carbons (Fsp3) is 0.0270. The molecular weight excluding hydrogens is 905 g/mol. The van der Waals surface area contributed by atoms with E-state index in [1.54, 1.807) is 0 Å². The first-order chi connectivity index (χ1) is 28.9. The molecule has 7 aromatic carbocycles. The first-order valence-corrected chi connectivity index (χ1v) is 16.1. The van der Waals surface area contributed by atoms with Crippen LogP contribution in [-0.2, 0) is 5.92 Å². The summed E-state index contributed by atoms with van der Waals surface area (Å²) in [6.45, 7) is 0. The molecule has 0 aliphatic heterocycles. The van der Waals surface area contributed by atoms with E-state index in [0.29, 0.717) is 0 Å². The first kappa shape index (κ1) is 42.1. The zero-order valence-corrected chi connectivity index (χ0v) is 28.4. The average Bonchev–Trinajstić information content (AvgIpc) is 3.47. The molecule has 8 rings (SSSR count). The predicted molar refractivity (Wildman–Crippen MR) is 166 cm³/mol. The number of rotatable bonds is 5. The normalized spacial score (nSPS) is 13.1. The lowest BCUT2D eigenvalue weighted by atomic mass is 9.75. The Morgan fingerprint density at radius 1 is 0.339 bits per heavy atom. The smallest absolute Gasteiger partial charge is 0.519 e. The summed E-state index contributed by atoms with van der Waals surface area (Å²) in [4.78, 5) is 0. The molecule has 0 unspecified atom stereocenters. The van der Waals surface area contributed by atoms with Crippen LogP contribution in [0.3, 0.4) is 0 Å². The summed E-state index contributed by atoms with van der Waals surface area (Å²) >= 11 is 0. The molecule has 0 saturated heterocycles. The van der Waals surface area contributed by atoms with Gasteiger partial charge in [-0.2, -0.15) is 17.6 Å². The second-order valence-electron chi connectivity index (χ2n) is 12.9. The molecule has 1 aliphatic rings. The molecule has 0 N–H and O–H groups in total. The second kappa shape index (κ2) is 13.7. The van der Waals surface area contributed by atoms with E-state index in [1.165, 1.54) is 0 Å². The summed E-state index contributed by atoms with van der Waals surface area (Å²) in [6.07, 6.45) is 0. The third kappa shape index (κ3) is 5.31. The van der Waals surface area contributed by atoms with E-state index in [9.17, 15) is 43.9 Å². The van der Waals surface area contributed by atoms with Gasteiger partial charge in [-0.1, -0.05) is 6.07 Å². The quantitative estimate of drug-likeness (QED) is 0.0563. The first-order valence-electron chi connectivity index (χ1n) is 16.1. The van der Waals surface area contributed by atoms with Crippen LogP contribution in [0.2, 0.25) is 0 Å². The molecule has 62 heavy (non-hydrogen) atoms. The van der Waals surface area contributed by atoms with Crippen LogP contribution in [-0.4, -0.2) is 7.12 Å². The van der Waals surface area contributed by atoms with E-state index in [0.717, 1.165) is 0 Å². The Bertz CT molecular complexity index is 3240. The number of hydrogen-bond donors (Lipinski definition) is 0. The van der Waals surface area contributed by atoms with E-state index >= 15 is 52.7 Å². The SMILES string of the molecule is Fc1cc2c(B(Oc3c(F)c(F)c(F)c4c3C(F)(F)c3c(F)c(F)c(F)c(F)c3-4)Oc3c(F)c(F)c(F)c4c(F)c5c(F)c(F)c(F)c(F)c5c(F)c34)ccc(F)c2c(F)c1F. The van der Waals surface area contributed by atoms with E-state index in [-0.39, 0.29) is 18.2 Å². The molecular formula is C37H3BF22O2. The molecule has 0 aromatic heterocycles. The van der Waals surface area contributed by atoms with Crippen LogP contribution in [0, 0.1) is 116 Å². The van der Waals surface area contributed by atoms with Crippen molar-refractivity contribution in [3.63, 3.8) is 0 Å². The van der Waals surface area contributed by atoms with Gasteiger partial charge in [-0.05, 0) is 17.5 Å². The van der Waals surface area contributed by atoms with Crippen LogP contribution < -0.4 is 14.8 Å². The van der Waals surface area contributed by atoms with Crippen LogP contribution in [0.5, 0.6) is 11.5 Å². The molecule has 0 spiro atoms. The van der Waals surface area contributed by atoms with Crippen molar-refractivity contribution in [2.45, 2.75) is 5.92 Å². The number of fused-ring (bicyclic) bond motifs is 6. The lowest BCUT2D eigenvalue weighted by Crippen LogP contribution is -2.44. The van der Waals surface area contributed by atoms with Gasteiger partial charge in [0.1, 0.15) is 17.5 Å². The highest BCUT2D eigenvalue weighted by Crippen LogP contribution is 2.59. The topological polar surface area (TPSA) is 18.5 Å². The average molecular weight is 908 g/mol. The summed E-state index contributed by atoms with van der Waals surface area (Å²) in [7, 11) is -3.69. The van der Waals surface area contributed by atoms with Crippen molar-refractivity contribution in [1.29, 1.82) is 0 Å². The summed E-state index contributed by atoms with van der Waals surface area (Å²) in [5, 5.41) is -12.8. The van der Waals surface area contributed by atoms with Crippen molar-refractivity contribution in [3.05, 3.63) is 146 Å². The van der Waals surface area contributed by atoms with Gasteiger partial charge < -0.3 is 9.31 Å². The molecule has 0 fully saturated rings. The van der Waals surface area contributed by atoms with Gasteiger partial charge in [0.25, 0.3) is 0 Å². The Balaban J connectivity index is 1.50. The third-order valence-corrected chi connectivity index (χ3v) is 9.68. The highest BCUT2D eigenvalue weighted by molar-refractivity contribution is 6.66. The van der Waals surface area contributed by atoms with Gasteiger partial charge in [0, 0.05) is 16.6 Å². The molecule has 320 valence electrons. The highest BCUT2D eigenvalue weighted by atomic mass is 19.3. The Morgan fingerprint density at radius 3 is 1.31 bits per heavy atom. The van der Waals surface area contributed by atoms with Crippen molar-refractivity contribution >= 4 is 44.9 Å². The maximum absolute atomic E-state index is 16.2. The van der Waals surface area contributed by atoms with E-state index in [2.05, 4.69) is 0 Å². The molecule has 7 aromatic rings. The molecule has 0 saturated carbocycles. The highest BCUT2D eigenvalue weighted by Gasteiger charge is 2.56. The molecule has 0 atom stereocenters. The molecule has 2 nitrogen and oxygen atoms in total. The van der Waals surface area contributed by atoms with Crippen LogP contribution in [0.25, 0.3) is 43.4 Å². The predicted octanol–water partition coefficient (Wildman–Crippen LogP) is 11.9. The number of benzene rings is 7. The second-order valence-corrected chi connectivity index (χ2v) is 12.9. The summed E-state index contributed by atoms with van der Waals surface area (Å²) < 4.78 is 342. The minimum atomic E-state index is -5.64. The Kier molecular flexibility index (Phi) is 9.33. The van der Waals surface area contributed by atoms with Gasteiger partial charge in [0.15, 0.2) is 98.8 Å². The summed E-state index contributed by atoms with van der Waals surface area (Å²) in [6, 6.07) is -0.150. The van der Waals surface area contributed by atoms with Gasteiger partial charge in [0.2, 0.25) is 11.6 Å². The zero-order valence-electron chi connectivity index (χ0n) is 28.4. The number of halogens is 22. The molecule has 1 aliphatic carbocycles. The Labute approximate surface area is 325 Å². The summed E-state index contributed by atoms with van der Waals surface area (Å²) in [5.74, 6) is -67.1. The molecule has 0 heterocycles. The van der Waals surface area contributed by atoms with E-state index < -0.39 is 201 Å². The van der Waals surface area contributed by atoms with Crippen LogP contribution >= 0.6 is 0 Å². The fourth-order valence-corrected chi connectivity index (χ4v) is 6.99. The molecule has 25 heteroatoms. The lowest BCUT2D eigenvalue weighted by Gasteiger charge is -2.24. The number of alkyl halides is 2. The van der Waals surface area contributed by atoms with Crippen molar-refractivity contribution in [2.75, 3.05) is 0 Å². The van der Waals surface area contributed by atoms with Gasteiger partial charge in [-0.3, -0.25) is 0 Å². The monoisotopic (exact) mass is 908 g/mol. The van der Waals surface area contributed by atoms with Crippen LogP contribution in [0.1, 0.15) is 11.1 Å². The van der Waals surface area contributed by atoms with Crippen LogP contribution in [0.4, 0.5) is 96.6 Å². The van der Waals surface area contributed by atoms with E-state index in [1.807, 2.05) is 0 Å². The molecule has 0 radical (unpaired) electrons. The van der Waals surface area contributed by atoms with E-state index in [4.69, 9.17) is 9.31 Å².